The van der Waals surface area contributed by atoms with Gasteiger partial charge in [-0.1, -0.05) is 12.1 Å². The molecule has 0 aliphatic heterocycles. The van der Waals surface area contributed by atoms with Gasteiger partial charge in [-0.05, 0) is 37.1 Å². The maximum Gasteiger partial charge on any atom is 0.343 e. The topological polar surface area (TPSA) is 154 Å². The van der Waals surface area contributed by atoms with E-state index in [-0.39, 0.29) is 29.6 Å². The van der Waals surface area contributed by atoms with Gasteiger partial charge in [-0.3, -0.25) is 9.59 Å². The average molecular weight is 440 g/mol. The van der Waals surface area contributed by atoms with Crippen molar-refractivity contribution in [3.8, 4) is 11.8 Å². The summed E-state index contributed by atoms with van der Waals surface area (Å²) < 4.78 is 15.0. The minimum atomic E-state index is -1.27. The first-order chi connectivity index (χ1) is 15.2. The minimum absolute atomic E-state index is 0.0191. The second-order valence-electron chi connectivity index (χ2n) is 6.93. The van der Waals surface area contributed by atoms with Crippen molar-refractivity contribution in [1.29, 1.82) is 5.26 Å². The van der Waals surface area contributed by atoms with Crippen molar-refractivity contribution >= 4 is 23.7 Å². The van der Waals surface area contributed by atoms with Crippen LogP contribution in [0.4, 0.5) is 5.82 Å². The predicted molar refractivity (Wildman–Crippen MR) is 113 cm³/mol. The molecule has 3 N–H and O–H groups in total. The Hall–Kier alpha value is -4.13. The van der Waals surface area contributed by atoms with Crippen LogP contribution in [0.1, 0.15) is 36.6 Å². The number of pyridine rings is 1. The number of amides is 1. The fraction of sp³-hybridized carbons (Fsp3) is 0.318. The second kappa shape index (κ2) is 11.3. The molecule has 0 saturated heterocycles. The molecule has 0 spiro atoms. The van der Waals surface area contributed by atoms with Crippen molar-refractivity contribution in [1.82, 2.24) is 10.3 Å². The first kappa shape index (κ1) is 24.1. The normalized spacial score (nSPS) is 12.1. The zero-order valence-electron chi connectivity index (χ0n) is 18.0. The van der Waals surface area contributed by atoms with Crippen LogP contribution >= 0.6 is 0 Å². The molecule has 0 fully saturated rings. The van der Waals surface area contributed by atoms with E-state index in [1.807, 2.05) is 18.2 Å². The third-order valence-corrected chi connectivity index (χ3v) is 4.32. The van der Waals surface area contributed by atoms with E-state index in [0.29, 0.717) is 12.2 Å². The lowest BCUT2D eigenvalue weighted by molar-refractivity contribution is -0.154. The van der Waals surface area contributed by atoms with E-state index in [0.717, 1.165) is 5.56 Å². The molecule has 2 atom stereocenters. The van der Waals surface area contributed by atoms with Crippen LogP contribution in [-0.2, 0) is 30.3 Å². The molecule has 168 valence electrons. The van der Waals surface area contributed by atoms with Crippen LogP contribution in [0, 0.1) is 11.3 Å². The number of rotatable bonds is 9. The molecule has 0 saturated carbocycles. The van der Waals surface area contributed by atoms with E-state index in [9.17, 15) is 14.4 Å². The van der Waals surface area contributed by atoms with Crippen LogP contribution < -0.4 is 15.8 Å². The zero-order chi connectivity index (χ0) is 23.7. The van der Waals surface area contributed by atoms with Crippen molar-refractivity contribution in [2.75, 3.05) is 19.5 Å². The summed E-state index contributed by atoms with van der Waals surface area (Å²) in [5.74, 6) is -1.16. The molecular formula is C22H24N4O6. The van der Waals surface area contributed by atoms with E-state index in [2.05, 4.69) is 15.0 Å². The summed E-state index contributed by atoms with van der Waals surface area (Å²) in [5, 5.41) is 11.9. The number of hydrogen-bond donors (Lipinski definition) is 2. The van der Waals surface area contributed by atoms with E-state index in [4.69, 9.17) is 20.5 Å². The molecule has 0 aliphatic rings. The molecule has 10 nitrogen and oxygen atoms in total. The van der Waals surface area contributed by atoms with Crippen LogP contribution in [0.5, 0.6) is 5.75 Å². The van der Waals surface area contributed by atoms with Gasteiger partial charge in [0.15, 0.2) is 6.61 Å². The predicted octanol–water partition coefficient (Wildman–Crippen LogP) is 1.44. The summed E-state index contributed by atoms with van der Waals surface area (Å²) in [5.41, 5.74) is 6.85. The highest BCUT2D eigenvalue weighted by atomic mass is 16.6. The highest BCUT2D eigenvalue weighted by molar-refractivity contribution is 5.85. The molecule has 2 rings (SSSR count). The zero-order valence-corrected chi connectivity index (χ0v) is 18.0. The Bertz CT molecular complexity index is 1020. The van der Waals surface area contributed by atoms with Gasteiger partial charge in [0.05, 0.1) is 12.7 Å². The molecule has 2 unspecified atom stereocenters. The maximum atomic E-state index is 12.8. The Balaban J connectivity index is 2.04. The summed E-state index contributed by atoms with van der Waals surface area (Å²) >= 11 is 0. The molecule has 32 heavy (non-hydrogen) atoms. The number of esters is 2. The summed E-state index contributed by atoms with van der Waals surface area (Å²) in [7, 11) is 1.28. The Kier molecular flexibility index (Phi) is 8.53. The van der Waals surface area contributed by atoms with Crippen LogP contribution in [-0.4, -0.2) is 42.6 Å². The number of nitrogens with zero attached hydrogens (tertiary/aromatic N) is 2. The third kappa shape index (κ3) is 6.98. The van der Waals surface area contributed by atoms with Gasteiger partial charge in [-0.25, -0.2) is 9.78 Å². The molecule has 10 heteroatoms. The molecule has 0 bridgehead atoms. The van der Waals surface area contributed by atoms with Crippen LogP contribution in [0.15, 0.2) is 36.5 Å². The fourth-order valence-electron chi connectivity index (χ4n) is 2.81. The standard InChI is InChI=1S/C22H24N4O6/c1-13(8-15-4-6-18(7-5-15)31-12-19(28)30-3)26-22(29)20(32-14(2)27)17-9-16(10-23)21(24)25-11-17/h4-7,9,11,13,20H,8,12H2,1-3H3,(H2,24,25)(H,26,29). The highest BCUT2D eigenvalue weighted by Crippen LogP contribution is 2.21. The van der Waals surface area contributed by atoms with Crippen molar-refractivity contribution in [3.63, 3.8) is 0 Å². The smallest absolute Gasteiger partial charge is 0.343 e. The third-order valence-electron chi connectivity index (χ3n) is 4.32. The van der Waals surface area contributed by atoms with Gasteiger partial charge in [0, 0.05) is 24.7 Å². The Morgan fingerprint density at radius 2 is 1.94 bits per heavy atom. The quantitative estimate of drug-likeness (QED) is 0.551. The number of methoxy groups -OCH3 is 1. The maximum absolute atomic E-state index is 12.8. The van der Waals surface area contributed by atoms with Gasteiger partial charge in [0.2, 0.25) is 6.10 Å². The number of nitriles is 1. The van der Waals surface area contributed by atoms with Gasteiger partial charge in [-0.2, -0.15) is 5.26 Å². The van der Waals surface area contributed by atoms with Crippen molar-refractivity contribution in [3.05, 3.63) is 53.2 Å². The fourth-order valence-corrected chi connectivity index (χ4v) is 2.81. The molecule has 2 aromatic rings. The second-order valence-corrected chi connectivity index (χ2v) is 6.93. The van der Waals surface area contributed by atoms with Crippen LogP contribution in [0.25, 0.3) is 0 Å². The van der Waals surface area contributed by atoms with Crippen molar-refractivity contribution in [2.45, 2.75) is 32.4 Å². The number of nitrogens with one attached hydrogen (secondary N) is 1. The lowest BCUT2D eigenvalue weighted by atomic mass is 10.1. The first-order valence-electron chi connectivity index (χ1n) is 9.65. The molecule has 1 aromatic heterocycles. The van der Waals surface area contributed by atoms with Gasteiger partial charge >= 0.3 is 11.9 Å². The largest absolute Gasteiger partial charge is 0.482 e. The number of nitrogens with two attached hydrogens (primary N) is 1. The Labute approximate surface area is 185 Å². The average Bonchev–Trinajstić information content (AvgIpc) is 2.76. The van der Waals surface area contributed by atoms with Gasteiger partial charge in [0.25, 0.3) is 5.91 Å². The molecule has 1 amide bonds. The Morgan fingerprint density at radius 1 is 1.25 bits per heavy atom. The molecule has 0 radical (unpaired) electrons. The number of hydrogen-bond acceptors (Lipinski definition) is 9. The number of carbonyl (C=O) groups is 3. The van der Waals surface area contributed by atoms with Crippen molar-refractivity contribution < 1.29 is 28.6 Å². The number of anilines is 1. The number of aromatic nitrogens is 1. The summed E-state index contributed by atoms with van der Waals surface area (Å²) in [6.07, 6.45) is 0.504. The van der Waals surface area contributed by atoms with Gasteiger partial charge < -0.3 is 25.3 Å². The van der Waals surface area contributed by atoms with E-state index < -0.39 is 23.9 Å². The SMILES string of the molecule is COC(=O)COc1ccc(CC(C)NC(=O)C(OC(C)=O)c2cnc(N)c(C#N)c2)cc1. The number of ether oxygens (including phenoxy) is 3. The summed E-state index contributed by atoms with van der Waals surface area (Å²) in [6.45, 7) is 2.79. The van der Waals surface area contributed by atoms with Crippen LogP contribution in [0.2, 0.25) is 0 Å². The minimum Gasteiger partial charge on any atom is -0.482 e. The molecule has 1 heterocycles. The number of nitrogen functional groups attached to an aromatic ring is 1. The van der Waals surface area contributed by atoms with E-state index in [1.165, 1.54) is 26.3 Å². The lowest BCUT2D eigenvalue weighted by Crippen LogP contribution is -2.39. The number of benzene rings is 1. The Morgan fingerprint density at radius 3 is 2.53 bits per heavy atom. The van der Waals surface area contributed by atoms with E-state index in [1.54, 1.807) is 19.1 Å². The first-order valence-corrected chi connectivity index (χ1v) is 9.65. The van der Waals surface area contributed by atoms with Crippen LogP contribution in [0.3, 0.4) is 0 Å². The van der Waals surface area contributed by atoms with Gasteiger partial charge in [-0.15, -0.1) is 0 Å². The molecule has 0 aliphatic carbocycles. The number of carbonyl (C=O) groups excluding carboxylic acids is 3. The molecule has 1 aromatic carbocycles. The van der Waals surface area contributed by atoms with Crippen molar-refractivity contribution in [2.24, 2.45) is 0 Å². The summed E-state index contributed by atoms with van der Waals surface area (Å²) in [4.78, 5) is 39.3. The molecular weight excluding hydrogens is 416 g/mol. The van der Waals surface area contributed by atoms with Gasteiger partial charge in [0.1, 0.15) is 17.6 Å². The monoisotopic (exact) mass is 440 g/mol. The van der Waals surface area contributed by atoms with E-state index >= 15 is 0 Å². The lowest BCUT2D eigenvalue weighted by Gasteiger charge is -2.20. The highest BCUT2D eigenvalue weighted by Gasteiger charge is 2.26. The summed E-state index contributed by atoms with van der Waals surface area (Å²) in [6, 6.07) is 9.97.